The second-order valence-electron chi connectivity index (χ2n) is 8.82. The number of piperidine rings is 1. The van der Waals surface area contributed by atoms with Gasteiger partial charge in [-0.1, -0.05) is 30.3 Å². The molecule has 4 aromatic rings. The van der Waals surface area contributed by atoms with E-state index in [1.807, 2.05) is 36.9 Å². The SMILES string of the molecule is N[C@@H]1CCCC12CCN(c1ncc(Sc3cccc4ncccc34)c3nccn13)CC2. The summed E-state index contributed by atoms with van der Waals surface area (Å²) in [4.78, 5) is 18.7. The monoisotopic (exact) mass is 430 g/mol. The number of imidazole rings is 1. The lowest BCUT2D eigenvalue weighted by atomic mass is 9.74. The van der Waals surface area contributed by atoms with Gasteiger partial charge < -0.3 is 10.6 Å². The van der Waals surface area contributed by atoms with Gasteiger partial charge in [-0.25, -0.2) is 9.97 Å². The lowest BCUT2D eigenvalue weighted by Crippen LogP contribution is -2.47. The molecule has 1 aromatic carbocycles. The first-order chi connectivity index (χ1) is 15.2. The fourth-order valence-electron chi connectivity index (χ4n) is 5.41. The van der Waals surface area contributed by atoms with Crippen LogP contribution in [0.2, 0.25) is 0 Å². The third kappa shape index (κ3) is 3.18. The summed E-state index contributed by atoms with van der Waals surface area (Å²) in [5, 5.41) is 1.15. The normalized spacial score (nSPS) is 20.8. The summed E-state index contributed by atoms with van der Waals surface area (Å²) < 4.78 is 2.14. The van der Waals surface area contributed by atoms with Crippen LogP contribution < -0.4 is 10.6 Å². The van der Waals surface area contributed by atoms with Crippen LogP contribution in [0.5, 0.6) is 0 Å². The molecule has 1 saturated heterocycles. The van der Waals surface area contributed by atoms with E-state index in [4.69, 9.17) is 10.7 Å². The van der Waals surface area contributed by atoms with Gasteiger partial charge in [0.1, 0.15) is 0 Å². The summed E-state index contributed by atoms with van der Waals surface area (Å²) in [6, 6.07) is 10.7. The third-order valence-electron chi connectivity index (χ3n) is 7.22. The van der Waals surface area contributed by atoms with Crippen molar-refractivity contribution in [2.45, 2.75) is 47.9 Å². The molecule has 2 aliphatic rings. The van der Waals surface area contributed by atoms with E-state index in [9.17, 15) is 0 Å². The van der Waals surface area contributed by atoms with Crippen molar-refractivity contribution in [3.05, 3.63) is 55.1 Å². The first-order valence-corrected chi connectivity index (χ1v) is 11.9. The number of fused-ring (bicyclic) bond motifs is 2. The number of hydrogen-bond acceptors (Lipinski definition) is 6. The van der Waals surface area contributed by atoms with Crippen LogP contribution in [-0.4, -0.2) is 38.5 Å². The molecule has 7 heteroatoms. The van der Waals surface area contributed by atoms with Crippen molar-refractivity contribution in [3.63, 3.8) is 0 Å². The molecular formula is C24H26N6S. The highest BCUT2D eigenvalue weighted by atomic mass is 32.2. The summed E-state index contributed by atoms with van der Waals surface area (Å²) in [7, 11) is 0. The Kier molecular flexibility index (Phi) is 4.61. The van der Waals surface area contributed by atoms with Gasteiger partial charge >= 0.3 is 0 Å². The van der Waals surface area contributed by atoms with Crippen LogP contribution in [0.25, 0.3) is 16.6 Å². The molecular weight excluding hydrogens is 404 g/mol. The molecule has 1 atom stereocenters. The predicted octanol–water partition coefficient (Wildman–Crippen LogP) is 4.53. The van der Waals surface area contributed by atoms with E-state index >= 15 is 0 Å². The minimum Gasteiger partial charge on any atom is -0.342 e. The highest BCUT2D eigenvalue weighted by Gasteiger charge is 2.43. The largest absolute Gasteiger partial charge is 0.342 e. The molecule has 0 bridgehead atoms. The Morgan fingerprint density at radius 3 is 2.71 bits per heavy atom. The number of anilines is 1. The van der Waals surface area contributed by atoms with Crippen molar-refractivity contribution >= 4 is 34.3 Å². The second kappa shape index (κ2) is 7.50. The van der Waals surface area contributed by atoms with Gasteiger partial charge in [-0.2, -0.15) is 0 Å². The molecule has 0 unspecified atom stereocenters. The smallest absolute Gasteiger partial charge is 0.211 e. The topological polar surface area (TPSA) is 72.3 Å². The van der Waals surface area contributed by atoms with Crippen molar-refractivity contribution in [2.24, 2.45) is 11.1 Å². The van der Waals surface area contributed by atoms with Gasteiger partial charge in [0.15, 0.2) is 5.65 Å². The van der Waals surface area contributed by atoms with Crippen LogP contribution in [0.4, 0.5) is 5.95 Å². The molecule has 3 aromatic heterocycles. The summed E-state index contributed by atoms with van der Waals surface area (Å²) in [6.45, 7) is 2.02. The van der Waals surface area contributed by atoms with Crippen LogP contribution in [0.1, 0.15) is 32.1 Å². The van der Waals surface area contributed by atoms with Gasteiger partial charge in [0.2, 0.25) is 5.95 Å². The Labute approximate surface area is 185 Å². The Hall–Kier alpha value is -2.64. The highest BCUT2D eigenvalue weighted by Crippen LogP contribution is 2.46. The fourth-order valence-corrected chi connectivity index (χ4v) is 6.42. The molecule has 2 N–H and O–H groups in total. The summed E-state index contributed by atoms with van der Waals surface area (Å²) in [5.41, 5.74) is 8.78. The van der Waals surface area contributed by atoms with Crippen molar-refractivity contribution < 1.29 is 0 Å². The van der Waals surface area contributed by atoms with Gasteiger partial charge in [0, 0.05) is 54.2 Å². The van der Waals surface area contributed by atoms with Gasteiger partial charge in [0.25, 0.3) is 0 Å². The summed E-state index contributed by atoms with van der Waals surface area (Å²) in [5.74, 6) is 0.984. The molecule has 6 rings (SSSR count). The molecule has 158 valence electrons. The number of benzene rings is 1. The van der Waals surface area contributed by atoms with Gasteiger partial charge in [-0.15, -0.1) is 0 Å². The minimum absolute atomic E-state index is 0.350. The zero-order valence-corrected chi connectivity index (χ0v) is 18.3. The average Bonchev–Trinajstić information content (AvgIpc) is 3.43. The molecule has 4 heterocycles. The predicted molar refractivity (Wildman–Crippen MR) is 125 cm³/mol. The van der Waals surface area contributed by atoms with Crippen LogP contribution in [-0.2, 0) is 0 Å². The van der Waals surface area contributed by atoms with E-state index < -0.39 is 0 Å². The van der Waals surface area contributed by atoms with Crippen LogP contribution in [0, 0.1) is 5.41 Å². The van der Waals surface area contributed by atoms with Crippen LogP contribution in [0.15, 0.2) is 64.9 Å². The molecule has 1 saturated carbocycles. The maximum absolute atomic E-state index is 6.48. The van der Waals surface area contributed by atoms with E-state index in [2.05, 4.69) is 37.5 Å². The molecule has 6 nitrogen and oxygen atoms in total. The van der Waals surface area contributed by atoms with E-state index in [0.717, 1.165) is 53.3 Å². The Morgan fingerprint density at radius 2 is 1.87 bits per heavy atom. The number of nitrogens with two attached hydrogens (primary N) is 1. The molecule has 1 spiro atoms. The fraction of sp³-hybridized carbons (Fsp3) is 0.375. The first kappa shape index (κ1) is 19.1. The zero-order chi connectivity index (χ0) is 20.8. The van der Waals surface area contributed by atoms with E-state index in [0.29, 0.717) is 11.5 Å². The minimum atomic E-state index is 0.350. The van der Waals surface area contributed by atoms with Crippen molar-refractivity contribution in [3.8, 4) is 0 Å². The second-order valence-corrected chi connectivity index (χ2v) is 9.90. The number of pyridine rings is 1. The maximum Gasteiger partial charge on any atom is 0.211 e. The standard InChI is InChI=1S/C24H26N6S/c25-21-7-2-8-24(21)9-13-29(14-10-24)23-28-16-20(22-27-12-15-30(22)23)31-19-6-1-5-18-17(19)4-3-11-26-18/h1,3-6,11-12,15-16,21H,2,7-10,13-14,25H2/t21-/m1/s1. The van der Waals surface area contributed by atoms with Crippen molar-refractivity contribution in [2.75, 3.05) is 18.0 Å². The average molecular weight is 431 g/mol. The van der Waals surface area contributed by atoms with E-state index in [1.165, 1.54) is 24.2 Å². The zero-order valence-electron chi connectivity index (χ0n) is 17.4. The van der Waals surface area contributed by atoms with E-state index in [1.54, 1.807) is 11.8 Å². The van der Waals surface area contributed by atoms with Gasteiger partial charge in [0.05, 0.1) is 10.4 Å². The first-order valence-electron chi connectivity index (χ1n) is 11.1. The van der Waals surface area contributed by atoms with Crippen LogP contribution >= 0.6 is 11.8 Å². The molecule has 31 heavy (non-hydrogen) atoms. The lowest BCUT2D eigenvalue weighted by Gasteiger charge is -2.42. The number of nitrogens with zero attached hydrogens (tertiary/aromatic N) is 5. The molecule has 2 fully saturated rings. The Bertz CT molecular complexity index is 1240. The molecule has 1 aliphatic carbocycles. The van der Waals surface area contributed by atoms with Crippen molar-refractivity contribution in [1.29, 1.82) is 0 Å². The van der Waals surface area contributed by atoms with Gasteiger partial charge in [-0.05, 0) is 49.3 Å². The highest BCUT2D eigenvalue weighted by molar-refractivity contribution is 7.99. The number of rotatable bonds is 3. The summed E-state index contributed by atoms with van der Waals surface area (Å²) >= 11 is 1.70. The van der Waals surface area contributed by atoms with E-state index in [-0.39, 0.29) is 0 Å². The van der Waals surface area contributed by atoms with Crippen LogP contribution in [0.3, 0.4) is 0 Å². The molecule has 0 radical (unpaired) electrons. The molecule has 0 amide bonds. The number of aromatic nitrogens is 4. The van der Waals surface area contributed by atoms with Gasteiger partial charge in [-0.3, -0.25) is 9.38 Å². The Morgan fingerprint density at radius 1 is 0.968 bits per heavy atom. The van der Waals surface area contributed by atoms with Crippen molar-refractivity contribution in [1.82, 2.24) is 19.4 Å². The molecule has 1 aliphatic heterocycles. The Balaban J connectivity index is 1.31. The quantitative estimate of drug-likeness (QED) is 0.515. The number of hydrogen-bond donors (Lipinski definition) is 1. The lowest BCUT2D eigenvalue weighted by molar-refractivity contribution is 0.197. The maximum atomic E-state index is 6.48. The third-order valence-corrected chi connectivity index (χ3v) is 8.30. The summed E-state index contributed by atoms with van der Waals surface area (Å²) in [6.07, 6.45) is 13.8.